The van der Waals surface area contributed by atoms with Gasteiger partial charge in [-0.2, -0.15) is 0 Å². The fourth-order valence-electron chi connectivity index (χ4n) is 0.839. The largest absolute Gasteiger partial charge is 0.392 e. The molecule has 0 aliphatic carbocycles. The van der Waals surface area contributed by atoms with E-state index in [1.54, 1.807) is 0 Å². The molecule has 6 heteroatoms. The van der Waals surface area contributed by atoms with Gasteiger partial charge in [-0.15, -0.1) is 0 Å². The number of rotatable bonds is 1. The van der Waals surface area contributed by atoms with Gasteiger partial charge in [0, 0.05) is 6.20 Å². The van der Waals surface area contributed by atoms with Gasteiger partial charge in [-0.25, -0.2) is 0 Å². The minimum Gasteiger partial charge on any atom is -0.392 e. The van der Waals surface area contributed by atoms with Gasteiger partial charge in [-0.05, 0) is 0 Å². The molecular weight excluding hydrogens is 186 g/mol. The molecule has 14 heavy (non-hydrogen) atoms. The summed E-state index contributed by atoms with van der Waals surface area (Å²) in [4.78, 5) is 13.4. The highest BCUT2D eigenvalue weighted by Gasteiger charge is 2.13. The second kappa shape index (κ2) is 4.20. The maximum absolute atomic E-state index is 10.4. The van der Waals surface area contributed by atoms with Crippen LogP contribution in [0.15, 0.2) is 12.4 Å². The molecule has 0 aromatic carbocycles. The zero-order valence-corrected chi connectivity index (χ0v) is 7.10. The van der Waals surface area contributed by atoms with E-state index in [0.29, 0.717) is 0 Å². The van der Waals surface area contributed by atoms with Gasteiger partial charge in [-0.1, -0.05) is 11.8 Å². The Balaban J connectivity index is 3.20. The molecule has 0 bridgehead atoms. The molecule has 72 valence electrons. The van der Waals surface area contributed by atoms with Crippen LogP contribution in [0, 0.1) is 22.0 Å². The van der Waals surface area contributed by atoms with Gasteiger partial charge in [0.1, 0.15) is 18.5 Å². The van der Waals surface area contributed by atoms with E-state index < -0.39 is 4.92 Å². The second-order valence-electron chi connectivity index (χ2n) is 2.34. The van der Waals surface area contributed by atoms with Crippen LogP contribution in [-0.4, -0.2) is 21.6 Å². The Labute approximate surface area is 79.5 Å². The summed E-state index contributed by atoms with van der Waals surface area (Å²) in [5, 5.41) is 18.9. The molecule has 0 aliphatic rings. The number of aromatic nitrogens is 1. The van der Waals surface area contributed by atoms with Crippen molar-refractivity contribution in [2.75, 3.05) is 12.3 Å². The molecule has 3 N–H and O–H groups in total. The highest BCUT2D eigenvalue weighted by molar-refractivity contribution is 5.66. The molecular formula is C8H7N3O3. The molecule has 0 fully saturated rings. The number of nitrogen functional groups attached to an aromatic ring is 1. The first-order valence-corrected chi connectivity index (χ1v) is 3.64. The topological polar surface area (TPSA) is 102 Å². The average Bonchev–Trinajstić information content (AvgIpc) is 2.16. The molecule has 1 rings (SSSR count). The number of nitrogens with zero attached hydrogens (tertiary/aromatic N) is 2. The third-order valence-corrected chi connectivity index (χ3v) is 1.47. The number of anilines is 1. The van der Waals surface area contributed by atoms with Crippen molar-refractivity contribution in [3.05, 3.63) is 28.1 Å². The lowest BCUT2D eigenvalue weighted by Crippen LogP contribution is -1.99. The molecule has 1 heterocycles. The minimum absolute atomic E-state index is 0.0362. The lowest BCUT2D eigenvalue weighted by Gasteiger charge is -1.97. The van der Waals surface area contributed by atoms with Crippen LogP contribution in [0.2, 0.25) is 0 Å². The Morgan fingerprint density at radius 1 is 1.64 bits per heavy atom. The summed E-state index contributed by atoms with van der Waals surface area (Å²) < 4.78 is 0. The van der Waals surface area contributed by atoms with E-state index in [2.05, 4.69) is 16.8 Å². The van der Waals surface area contributed by atoms with Crippen molar-refractivity contribution in [1.82, 2.24) is 4.98 Å². The monoisotopic (exact) mass is 193 g/mol. The smallest absolute Gasteiger partial charge is 0.311 e. The Kier molecular flexibility index (Phi) is 2.99. The summed E-state index contributed by atoms with van der Waals surface area (Å²) in [6, 6.07) is 0. The van der Waals surface area contributed by atoms with Gasteiger partial charge in [-0.3, -0.25) is 15.1 Å². The molecule has 0 atom stereocenters. The molecule has 1 aromatic rings. The Morgan fingerprint density at radius 3 is 2.93 bits per heavy atom. The van der Waals surface area contributed by atoms with Crippen LogP contribution in [0.5, 0.6) is 0 Å². The van der Waals surface area contributed by atoms with Gasteiger partial charge in [0.15, 0.2) is 0 Å². The van der Waals surface area contributed by atoms with E-state index in [4.69, 9.17) is 10.8 Å². The summed E-state index contributed by atoms with van der Waals surface area (Å²) >= 11 is 0. The van der Waals surface area contributed by atoms with Crippen molar-refractivity contribution in [3.63, 3.8) is 0 Å². The minimum atomic E-state index is -0.632. The van der Waals surface area contributed by atoms with Crippen LogP contribution in [0.25, 0.3) is 0 Å². The quantitative estimate of drug-likeness (QED) is 0.369. The normalized spacial score (nSPS) is 8.93. The maximum Gasteiger partial charge on any atom is 0.311 e. The van der Waals surface area contributed by atoms with Gasteiger partial charge in [0.2, 0.25) is 0 Å². The van der Waals surface area contributed by atoms with E-state index in [-0.39, 0.29) is 23.5 Å². The molecule has 0 radical (unpaired) electrons. The highest BCUT2D eigenvalue weighted by atomic mass is 16.6. The molecule has 0 spiro atoms. The van der Waals surface area contributed by atoms with Crippen molar-refractivity contribution < 1.29 is 10.0 Å². The predicted molar refractivity (Wildman–Crippen MR) is 49.3 cm³/mol. The van der Waals surface area contributed by atoms with Gasteiger partial charge >= 0.3 is 5.69 Å². The molecule has 0 saturated heterocycles. The zero-order chi connectivity index (χ0) is 10.6. The maximum atomic E-state index is 10.4. The van der Waals surface area contributed by atoms with Crippen molar-refractivity contribution in [1.29, 1.82) is 0 Å². The molecule has 0 aliphatic heterocycles. The van der Waals surface area contributed by atoms with E-state index in [1.165, 1.54) is 6.20 Å². The van der Waals surface area contributed by atoms with Crippen molar-refractivity contribution >= 4 is 11.4 Å². The summed E-state index contributed by atoms with van der Waals surface area (Å²) in [5.74, 6) is 4.80. The third-order valence-electron chi connectivity index (χ3n) is 1.47. The average molecular weight is 193 g/mol. The number of hydrogen-bond donors (Lipinski definition) is 2. The number of nitrogens with two attached hydrogens (primary N) is 1. The van der Waals surface area contributed by atoms with Crippen LogP contribution in [-0.2, 0) is 0 Å². The summed E-state index contributed by atoms with van der Waals surface area (Å²) in [6.45, 7) is -0.331. The van der Waals surface area contributed by atoms with E-state index in [0.717, 1.165) is 6.20 Å². The molecule has 6 nitrogen and oxygen atoms in total. The van der Waals surface area contributed by atoms with Crippen LogP contribution in [0.4, 0.5) is 11.4 Å². The second-order valence-corrected chi connectivity index (χ2v) is 2.34. The van der Waals surface area contributed by atoms with Crippen LogP contribution >= 0.6 is 0 Å². The molecule has 0 saturated carbocycles. The number of nitro groups is 1. The number of hydrogen-bond acceptors (Lipinski definition) is 5. The molecule has 0 unspecified atom stereocenters. The SMILES string of the molecule is Nc1c(C#CCO)cncc1[N+](=O)[O-]. The first kappa shape index (κ1) is 9.95. The Bertz CT molecular complexity index is 420. The third kappa shape index (κ3) is 1.97. The van der Waals surface area contributed by atoms with Crippen LogP contribution < -0.4 is 5.73 Å². The summed E-state index contributed by atoms with van der Waals surface area (Å²) in [5.41, 5.74) is 5.38. The lowest BCUT2D eigenvalue weighted by atomic mass is 10.2. The van der Waals surface area contributed by atoms with Gasteiger partial charge in [0.05, 0.1) is 10.5 Å². The Morgan fingerprint density at radius 2 is 2.36 bits per heavy atom. The standard InChI is InChI=1S/C8H7N3O3/c9-8-6(2-1-3-12)4-10-5-7(8)11(13)14/h4-5,12H,3H2,(H2,9,10). The zero-order valence-electron chi connectivity index (χ0n) is 7.10. The number of pyridine rings is 1. The first-order valence-electron chi connectivity index (χ1n) is 3.64. The summed E-state index contributed by atoms with van der Waals surface area (Å²) in [6.07, 6.45) is 2.37. The van der Waals surface area contributed by atoms with E-state index in [9.17, 15) is 10.1 Å². The lowest BCUT2D eigenvalue weighted by molar-refractivity contribution is -0.384. The molecule has 1 aromatic heterocycles. The van der Waals surface area contributed by atoms with Crippen LogP contribution in [0.1, 0.15) is 5.56 Å². The van der Waals surface area contributed by atoms with Crippen molar-refractivity contribution in [2.45, 2.75) is 0 Å². The van der Waals surface area contributed by atoms with Crippen LogP contribution in [0.3, 0.4) is 0 Å². The summed E-state index contributed by atoms with van der Waals surface area (Å²) in [7, 11) is 0. The Hall–Kier alpha value is -2.13. The van der Waals surface area contributed by atoms with Crippen molar-refractivity contribution in [2.24, 2.45) is 0 Å². The number of aliphatic hydroxyl groups is 1. The highest BCUT2D eigenvalue weighted by Crippen LogP contribution is 2.22. The fraction of sp³-hybridized carbons (Fsp3) is 0.125. The van der Waals surface area contributed by atoms with E-state index >= 15 is 0 Å². The van der Waals surface area contributed by atoms with E-state index in [1.807, 2.05) is 0 Å². The van der Waals surface area contributed by atoms with Crippen molar-refractivity contribution in [3.8, 4) is 11.8 Å². The predicted octanol–water partition coefficient (Wildman–Crippen LogP) is -0.0842. The first-order chi connectivity index (χ1) is 6.66. The number of aliphatic hydroxyl groups excluding tert-OH is 1. The molecule has 0 amide bonds. The van der Waals surface area contributed by atoms with Gasteiger partial charge < -0.3 is 10.8 Å². The van der Waals surface area contributed by atoms with Gasteiger partial charge in [0.25, 0.3) is 0 Å². The fourth-order valence-corrected chi connectivity index (χ4v) is 0.839.